The van der Waals surface area contributed by atoms with Gasteiger partial charge in [-0.05, 0) is 23.7 Å². The van der Waals surface area contributed by atoms with Crippen molar-refractivity contribution < 1.29 is 13.8 Å². The lowest BCUT2D eigenvalue weighted by molar-refractivity contribution is -0.0351. The van der Waals surface area contributed by atoms with Crippen LogP contribution in [0.5, 0.6) is 0 Å². The SMILES string of the molecule is c1c[nH]c(-c2csnc2C2(c3nccs3)N(c3ncc[nH]3)N(c3ccn[nH]3)OC2(c2ccon2)c2ncco2)c1. The van der Waals surface area contributed by atoms with E-state index in [0.29, 0.717) is 28.2 Å². The van der Waals surface area contributed by atoms with Gasteiger partial charge in [0.15, 0.2) is 5.82 Å². The van der Waals surface area contributed by atoms with E-state index in [1.54, 1.807) is 48.3 Å². The quantitative estimate of drug-likeness (QED) is 0.252. The Kier molecular flexibility index (Phi) is 5.00. The van der Waals surface area contributed by atoms with E-state index in [0.717, 1.165) is 11.3 Å². The maximum Gasteiger partial charge on any atom is 0.256 e. The fraction of sp³-hybridized carbons (Fsp3) is 0.0833. The first kappa shape index (κ1) is 22.9. The van der Waals surface area contributed by atoms with Crippen molar-refractivity contribution in [2.45, 2.75) is 11.1 Å². The number of aromatic nitrogens is 9. The lowest BCUT2D eigenvalue weighted by Crippen LogP contribution is -2.58. The molecule has 1 aliphatic rings. The number of imidazole rings is 1. The van der Waals surface area contributed by atoms with E-state index in [1.165, 1.54) is 35.4 Å². The molecule has 2 unspecified atom stereocenters. The van der Waals surface area contributed by atoms with Crippen molar-refractivity contribution in [3.63, 3.8) is 0 Å². The molecule has 0 amide bonds. The summed E-state index contributed by atoms with van der Waals surface area (Å²) in [6, 6.07) is 7.39. The number of anilines is 2. The summed E-state index contributed by atoms with van der Waals surface area (Å²) in [6.07, 6.45) is 13.1. The Balaban J connectivity index is 1.58. The first-order valence-electron chi connectivity index (χ1n) is 11.9. The molecule has 198 valence electrons. The van der Waals surface area contributed by atoms with Crippen LogP contribution in [0.2, 0.25) is 0 Å². The Morgan fingerprint density at radius 1 is 0.950 bits per heavy atom. The lowest BCUT2D eigenvalue weighted by Gasteiger charge is -2.41. The molecule has 0 spiro atoms. The van der Waals surface area contributed by atoms with Gasteiger partial charge in [-0.3, -0.25) is 5.10 Å². The zero-order valence-electron chi connectivity index (χ0n) is 20.2. The Morgan fingerprint density at radius 3 is 2.65 bits per heavy atom. The summed E-state index contributed by atoms with van der Waals surface area (Å²) in [7, 11) is 0. The molecule has 8 heterocycles. The third-order valence-corrected chi connectivity index (χ3v) is 8.19. The number of nitrogens with one attached hydrogen (secondary N) is 3. The summed E-state index contributed by atoms with van der Waals surface area (Å²) < 4.78 is 16.5. The number of oxazole rings is 1. The fourth-order valence-electron chi connectivity index (χ4n) is 5.18. The van der Waals surface area contributed by atoms with Crippen molar-refractivity contribution in [2.75, 3.05) is 10.2 Å². The van der Waals surface area contributed by atoms with E-state index in [4.69, 9.17) is 23.1 Å². The monoisotopic (exact) mass is 571 g/mol. The molecule has 7 aromatic rings. The molecule has 40 heavy (non-hydrogen) atoms. The highest BCUT2D eigenvalue weighted by Crippen LogP contribution is 2.62. The molecule has 1 fully saturated rings. The molecular formula is C24H17N11O3S2. The average Bonchev–Trinajstić information content (AvgIpc) is 3.85. The zero-order chi connectivity index (χ0) is 26.6. The molecule has 3 N–H and O–H groups in total. The second-order valence-corrected chi connectivity index (χ2v) is 10.2. The van der Waals surface area contributed by atoms with Crippen LogP contribution in [0.4, 0.5) is 11.8 Å². The van der Waals surface area contributed by atoms with Crippen molar-refractivity contribution >= 4 is 34.6 Å². The van der Waals surface area contributed by atoms with E-state index >= 15 is 0 Å². The number of hydrogen-bond acceptors (Lipinski definition) is 13. The molecule has 0 bridgehead atoms. The number of H-pyrrole nitrogens is 3. The first-order valence-corrected chi connectivity index (χ1v) is 13.6. The van der Waals surface area contributed by atoms with Gasteiger partial charge < -0.3 is 18.9 Å². The molecule has 0 aromatic carbocycles. The molecule has 2 atom stereocenters. The highest BCUT2D eigenvalue weighted by molar-refractivity contribution is 7.09. The molecule has 14 nitrogen and oxygen atoms in total. The van der Waals surface area contributed by atoms with E-state index < -0.39 is 11.1 Å². The van der Waals surface area contributed by atoms with Crippen LogP contribution < -0.4 is 10.2 Å². The summed E-state index contributed by atoms with van der Waals surface area (Å²) in [4.78, 5) is 27.7. The second-order valence-electron chi connectivity index (χ2n) is 8.64. The maximum atomic E-state index is 7.02. The van der Waals surface area contributed by atoms with Crippen LogP contribution in [0, 0.1) is 0 Å². The average molecular weight is 572 g/mol. The summed E-state index contributed by atoms with van der Waals surface area (Å²) >= 11 is 2.72. The zero-order valence-corrected chi connectivity index (χ0v) is 21.8. The number of rotatable bonds is 7. The summed E-state index contributed by atoms with van der Waals surface area (Å²) in [6.45, 7) is 0. The Morgan fingerprint density at radius 2 is 1.95 bits per heavy atom. The van der Waals surface area contributed by atoms with Crippen molar-refractivity contribution in [1.29, 1.82) is 0 Å². The Labute approximate surface area is 232 Å². The second kappa shape index (κ2) is 8.73. The topological polar surface area (TPSA) is 167 Å². The van der Waals surface area contributed by atoms with Crippen LogP contribution in [0.25, 0.3) is 11.3 Å². The van der Waals surface area contributed by atoms with Crippen molar-refractivity contribution in [1.82, 2.24) is 44.6 Å². The van der Waals surface area contributed by atoms with Crippen LogP contribution in [0.15, 0.2) is 93.7 Å². The van der Waals surface area contributed by atoms with Gasteiger partial charge in [-0.25, -0.2) is 24.8 Å². The number of nitrogens with zero attached hydrogens (tertiary/aromatic N) is 8. The molecule has 1 saturated heterocycles. The van der Waals surface area contributed by atoms with Crippen molar-refractivity contribution in [3.8, 4) is 11.3 Å². The number of hydrazine groups is 1. The summed E-state index contributed by atoms with van der Waals surface area (Å²) in [5, 5.41) is 19.4. The molecule has 1 aliphatic heterocycles. The van der Waals surface area contributed by atoms with E-state index in [2.05, 4.69) is 35.3 Å². The van der Waals surface area contributed by atoms with Gasteiger partial charge in [0.05, 0.1) is 12.4 Å². The fourth-order valence-corrected chi connectivity index (χ4v) is 6.78. The first-order chi connectivity index (χ1) is 19.8. The molecule has 0 saturated carbocycles. The number of hydrogen-bond donors (Lipinski definition) is 3. The molecule has 0 aliphatic carbocycles. The van der Waals surface area contributed by atoms with Crippen LogP contribution in [-0.4, -0.2) is 44.6 Å². The minimum Gasteiger partial charge on any atom is -0.445 e. The molecule has 7 aromatic heterocycles. The number of thiazole rings is 1. The normalized spacial score (nSPS) is 21.0. The molecule has 16 heteroatoms. The summed E-state index contributed by atoms with van der Waals surface area (Å²) in [5.74, 6) is 1.11. The van der Waals surface area contributed by atoms with E-state index in [9.17, 15) is 0 Å². The third kappa shape index (κ3) is 2.94. The minimum atomic E-state index is -1.64. The van der Waals surface area contributed by atoms with Crippen LogP contribution in [0.3, 0.4) is 0 Å². The van der Waals surface area contributed by atoms with Gasteiger partial charge in [-0.2, -0.15) is 9.47 Å². The Bertz CT molecular complexity index is 1760. The van der Waals surface area contributed by atoms with Crippen molar-refractivity contribution in [2.24, 2.45) is 0 Å². The van der Waals surface area contributed by atoms with Gasteiger partial charge in [-0.15, -0.1) is 16.5 Å². The van der Waals surface area contributed by atoms with Crippen LogP contribution in [-0.2, 0) is 16.0 Å². The standard InChI is InChI=1S/C24H17N11O3S2/c1-2-16(25-5-1)15-14-40-33-19(15)23(21-27-10-13-39-21)24(17-4-11-37-32-17,20-26-9-12-36-20)38-35(18-3-6-30-31-18)34(23)22-28-7-8-29-22/h1-14,25H,(H,28,29)(H,30,31). The van der Waals surface area contributed by atoms with Gasteiger partial charge in [0, 0.05) is 58.9 Å². The minimum absolute atomic E-state index is 0.195. The highest BCUT2D eigenvalue weighted by atomic mass is 32.1. The summed E-state index contributed by atoms with van der Waals surface area (Å²) in [5.41, 5.74) is -0.471. The predicted molar refractivity (Wildman–Crippen MR) is 142 cm³/mol. The van der Waals surface area contributed by atoms with Gasteiger partial charge >= 0.3 is 0 Å². The Hall–Kier alpha value is -5.06. The van der Waals surface area contributed by atoms with E-state index in [-0.39, 0.29) is 5.89 Å². The van der Waals surface area contributed by atoms with Crippen LogP contribution in [0.1, 0.15) is 22.3 Å². The number of aromatic amines is 3. The predicted octanol–water partition coefficient (Wildman–Crippen LogP) is 4.08. The third-order valence-electron chi connectivity index (χ3n) is 6.68. The van der Waals surface area contributed by atoms with Gasteiger partial charge in [0.1, 0.15) is 28.9 Å². The smallest absolute Gasteiger partial charge is 0.256 e. The van der Waals surface area contributed by atoms with Gasteiger partial charge in [0.2, 0.25) is 17.4 Å². The van der Waals surface area contributed by atoms with Crippen LogP contribution >= 0.6 is 22.9 Å². The largest absolute Gasteiger partial charge is 0.445 e. The van der Waals surface area contributed by atoms with E-state index in [1.807, 2.05) is 34.1 Å². The molecule has 0 radical (unpaired) electrons. The molecule has 8 rings (SSSR count). The highest BCUT2D eigenvalue weighted by Gasteiger charge is 2.76. The maximum absolute atomic E-state index is 7.02. The van der Waals surface area contributed by atoms with Gasteiger partial charge in [-0.1, -0.05) is 5.16 Å². The molecular weight excluding hydrogens is 554 g/mol. The lowest BCUT2D eigenvalue weighted by atomic mass is 9.73. The van der Waals surface area contributed by atoms with Gasteiger partial charge in [0.25, 0.3) is 5.60 Å². The van der Waals surface area contributed by atoms with Crippen molar-refractivity contribution in [3.05, 3.63) is 107 Å².